The van der Waals surface area contributed by atoms with Crippen molar-refractivity contribution in [3.05, 3.63) is 71.8 Å². The van der Waals surface area contributed by atoms with Crippen molar-refractivity contribution in [3.63, 3.8) is 0 Å². The molecule has 4 unspecified atom stereocenters. The van der Waals surface area contributed by atoms with Crippen LogP contribution in [0.15, 0.2) is 60.7 Å². The van der Waals surface area contributed by atoms with E-state index in [1.807, 2.05) is 12.2 Å². The summed E-state index contributed by atoms with van der Waals surface area (Å²) in [6.07, 6.45) is 4.97. The molecular formula is C25H21NO6. The molecule has 2 bridgehead atoms. The van der Waals surface area contributed by atoms with Gasteiger partial charge in [-0.1, -0.05) is 24.3 Å². The van der Waals surface area contributed by atoms with Crippen LogP contribution in [-0.4, -0.2) is 37.3 Å². The molecule has 32 heavy (non-hydrogen) atoms. The van der Waals surface area contributed by atoms with E-state index >= 15 is 0 Å². The molecule has 1 aliphatic heterocycles. The van der Waals surface area contributed by atoms with Crippen LogP contribution >= 0.6 is 0 Å². The monoisotopic (exact) mass is 431 g/mol. The highest BCUT2D eigenvalue weighted by Crippen LogP contribution is 2.53. The summed E-state index contributed by atoms with van der Waals surface area (Å²) in [6.45, 7) is -0.407. The van der Waals surface area contributed by atoms with E-state index in [2.05, 4.69) is 0 Å². The van der Waals surface area contributed by atoms with Gasteiger partial charge in [-0.2, -0.15) is 0 Å². The summed E-state index contributed by atoms with van der Waals surface area (Å²) in [7, 11) is 1.50. The smallest absolute Gasteiger partial charge is 0.338 e. The van der Waals surface area contributed by atoms with E-state index in [1.165, 1.54) is 24.1 Å². The molecule has 2 aliphatic carbocycles. The summed E-state index contributed by atoms with van der Waals surface area (Å²) in [6, 6.07) is 12.7. The first-order valence-corrected chi connectivity index (χ1v) is 10.5. The second-order valence-corrected chi connectivity index (χ2v) is 8.29. The SMILES string of the molecule is COc1cccc(C(=O)COC(=O)c2ccc(N3C(=O)C4C5C=CC(C5)C4C3=O)cc2)c1. The summed E-state index contributed by atoms with van der Waals surface area (Å²) in [5.74, 6) is -1.08. The van der Waals surface area contributed by atoms with E-state index in [9.17, 15) is 19.2 Å². The third kappa shape index (κ3) is 3.21. The fourth-order valence-corrected chi connectivity index (χ4v) is 5.00. The zero-order chi connectivity index (χ0) is 22.4. The molecule has 0 aromatic heterocycles. The van der Waals surface area contributed by atoms with E-state index in [0.29, 0.717) is 17.0 Å². The fourth-order valence-electron chi connectivity index (χ4n) is 5.00. The molecule has 0 N–H and O–H groups in total. The fraction of sp³-hybridized carbons (Fsp3) is 0.280. The second kappa shape index (κ2) is 7.75. The lowest BCUT2D eigenvalue weighted by Crippen LogP contribution is -2.32. The van der Waals surface area contributed by atoms with Gasteiger partial charge in [0.2, 0.25) is 11.8 Å². The minimum absolute atomic E-state index is 0.142. The van der Waals surface area contributed by atoms with Gasteiger partial charge in [0, 0.05) is 5.56 Å². The Kier molecular flexibility index (Phi) is 4.89. The number of fused-ring (bicyclic) bond motifs is 5. The number of amides is 2. The van der Waals surface area contributed by atoms with Crippen LogP contribution in [0.25, 0.3) is 0 Å². The number of carbonyl (C=O) groups excluding carboxylic acids is 4. The number of benzene rings is 2. The Labute approximate surface area is 184 Å². The van der Waals surface area contributed by atoms with Crippen LogP contribution in [-0.2, 0) is 14.3 Å². The molecule has 2 aromatic carbocycles. The number of hydrogen-bond donors (Lipinski definition) is 0. The lowest BCUT2D eigenvalue weighted by atomic mass is 9.85. The highest BCUT2D eigenvalue weighted by Gasteiger charge is 2.59. The largest absolute Gasteiger partial charge is 0.497 e. The Hall–Kier alpha value is -3.74. The first-order chi connectivity index (χ1) is 15.5. The van der Waals surface area contributed by atoms with Crippen molar-refractivity contribution in [1.82, 2.24) is 0 Å². The third-order valence-corrected chi connectivity index (χ3v) is 6.56. The van der Waals surface area contributed by atoms with Crippen LogP contribution in [0.1, 0.15) is 27.1 Å². The van der Waals surface area contributed by atoms with Gasteiger partial charge in [-0.3, -0.25) is 19.3 Å². The molecule has 1 heterocycles. The molecule has 1 saturated carbocycles. The molecule has 7 nitrogen and oxygen atoms in total. The number of Topliss-reactive ketones (excluding diaryl/α,β-unsaturated/α-hetero) is 1. The van der Waals surface area contributed by atoms with E-state index in [-0.39, 0.29) is 46.8 Å². The average Bonchev–Trinajstić information content (AvgIpc) is 3.51. The van der Waals surface area contributed by atoms with Crippen LogP contribution in [0.3, 0.4) is 0 Å². The quantitative estimate of drug-likeness (QED) is 0.302. The van der Waals surface area contributed by atoms with Crippen LogP contribution in [0.5, 0.6) is 5.75 Å². The summed E-state index contributed by atoms with van der Waals surface area (Å²) in [4.78, 5) is 51.7. The maximum absolute atomic E-state index is 12.9. The van der Waals surface area contributed by atoms with Crippen molar-refractivity contribution in [2.24, 2.45) is 23.7 Å². The molecule has 2 fully saturated rings. The molecular weight excluding hydrogens is 410 g/mol. The van der Waals surface area contributed by atoms with E-state index in [4.69, 9.17) is 9.47 Å². The Balaban J connectivity index is 1.24. The number of rotatable bonds is 6. The van der Waals surface area contributed by atoms with Gasteiger partial charge < -0.3 is 9.47 Å². The number of nitrogens with zero attached hydrogens (tertiary/aromatic N) is 1. The zero-order valence-corrected chi connectivity index (χ0v) is 17.4. The summed E-state index contributed by atoms with van der Waals surface area (Å²) in [5, 5.41) is 0. The summed E-state index contributed by atoms with van der Waals surface area (Å²) in [5.41, 5.74) is 1.05. The molecule has 0 radical (unpaired) electrons. The van der Waals surface area contributed by atoms with Gasteiger partial charge in [0.15, 0.2) is 12.4 Å². The number of ether oxygens (including phenoxy) is 2. The zero-order valence-electron chi connectivity index (χ0n) is 17.4. The van der Waals surface area contributed by atoms with Crippen molar-refractivity contribution in [2.75, 3.05) is 18.6 Å². The van der Waals surface area contributed by atoms with Gasteiger partial charge in [0.05, 0.1) is 30.2 Å². The summed E-state index contributed by atoms with van der Waals surface area (Å²) >= 11 is 0. The van der Waals surface area contributed by atoms with Crippen LogP contribution in [0, 0.1) is 23.7 Å². The van der Waals surface area contributed by atoms with E-state index in [1.54, 1.807) is 36.4 Å². The topological polar surface area (TPSA) is 90.0 Å². The maximum atomic E-state index is 12.9. The lowest BCUT2D eigenvalue weighted by Gasteiger charge is -2.17. The van der Waals surface area contributed by atoms with Gasteiger partial charge in [0.25, 0.3) is 0 Å². The standard InChI is InChI=1S/C25H21NO6/c1-31-19-4-2-3-15(12-19)20(27)13-32-25(30)14-7-9-18(10-8-14)26-23(28)21-16-5-6-17(11-16)22(21)24(26)29/h2-10,12,16-17,21-22H,11,13H2,1H3. The molecule has 5 rings (SSSR count). The predicted molar refractivity (Wildman–Crippen MR) is 114 cm³/mol. The molecule has 162 valence electrons. The van der Waals surface area contributed by atoms with Crippen molar-refractivity contribution in [3.8, 4) is 5.75 Å². The van der Waals surface area contributed by atoms with Gasteiger partial charge in [-0.15, -0.1) is 0 Å². The molecule has 0 spiro atoms. The Morgan fingerprint density at radius 1 is 0.938 bits per heavy atom. The number of imide groups is 1. The van der Waals surface area contributed by atoms with Gasteiger partial charge in [-0.05, 0) is 54.7 Å². The first kappa shape index (κ1) is 20.2. The summed E-state index contributed by atoms with van der Waals surface area (Å²) < 4.78 is 10.2. The van der Waals surface area contributed by atoms with Gasteiger partial charge in [0.1, 0.15) is 5.75 Å². The minimum atomic E-state index is -0.661. The van der Waals surface area contributed by atoms with Crippen LogP contribution in [0.4, 0.5) is 5.69 Å². The van der Waals surface area contributed by atoms with Crippen molar-refractivity contribution >= 4 is 29.3 Å². The Morgan fingerprint density at radius 3 is 2.22 bits per heavy atom. The van der Waals surface area contributed by atoms with Crippen molar-refractivity contribution in [1.29, 1.82) is 0 Å². The number of methoxy groups -OCH3 is 1. The number of anilines is 1. The lowest BCUT2D eigenvalue weighted by molar-refractivity contribution is -0.123. The number of esters is 1. The molecule has 2 amide bonds. The van der Waals surface area contributed by atoms with Crippen LogP contribution in [0.2, 0.25) is 0 Å². The number of ketones is 1. The number of carbonyl (C=O) groups is 4. The molecule has 2 aromatic rings. The average molecular weight is 431 g/mol. The third-order valence-electron chi connectivity index (χ3n) is 6.56. The minimum Gasteiger partial charge on any atom is -0.497 e. The molecule has 3 aliphatic rings. The first-order valence-electron chi connectivity index (χ1n) is 10.5. The van der Waals surface area contributed by atoms with Crippen molar-refractivity contribution in [2.45, 2.75) is 6.42 Å². The Morgan fingerprint density at radius 2 is 1.59 bits per heavy atom. The van der Waals surface area contributed by atoms with Crippen molar-refractivity contribution < 1.29 is 28.7 Å². The van der Waals surface area contributed by atoms with Crippen LogP contribution < -0.4 is 9.64 Å². The highest BCUT2D eigenvalue weighted by molar-refractivity contribution is 6.22. The van der Waals surface area contributed by atoms with E-state index in [0.717, 1.165) is 6.42 Å². The molecule has 1 saturated heterocycles. The molecule has 4 atom stereocenters. The molecule has 7 heteroatoms. The number of hydrogen-bond acceptors (Lipinski definition) is 6. The Bertz CT molecular complexity index is 1120. The van der Waals surface area contributed by atoms with E-state index < -0.39 is 12.6 Å². The number of allylic oxidation sites excluding steroid dienone is 2. The van der Waals surface area contributed by atoms with Gasteiger partial charge in [-0.25, -0.2) is 4.79 Å². The van der Waals surface area contributed by atoms with Gasteiger partial charge >= 0.3 is 5.97 Å². The highest BCUT2D eigenvalue weighted by atomic mass is 16.5. The maximum Gasteiger partial charge on any atom is 0.338 e. The second-order valence-electron chi connectivity index (χ2n) is 8.29. The normalized spacial score (nSPS) is 25.2. The predicted octanol–water partition coefficient (Wildman–Crippen LogP) is 3.05.